The molecule has 2 rings (SSSR count). The third-order valence-electron chi connectivity index (χ3n) is 10.9. The molecule has 310 valence electrons. The summed E-state index contributed by atoms with van der Waals surface area (Å²) < 4.78 is 26.2. The van der Waals surface area contributed by atoms with Gasteiger partial charge in [0.1, 0.15) is 17.0 Å². The van der Waals surface area contributed by atoms with Crippen molar-refractivity contribution in [3.05, 3.63) is 76.9 Å². The van der Waals surface area contributed by atoms with Crippen LogP contribution < -0.4 is 10.1 Å². The second-order valence-corrected chi connectivity index (χ2v) is 29.8. The van der Waals surface area contributed by atoms with Crippen molar-refractivity contribution in [2.45, 2.75) is 182 Å². The smallest absolute Gasteiger partial charge is 0.407 e. The van der Waals surface area contributed by atoms with Crippen LogP contribution in [0.25, 0.3) is 0 Å². The van der Waals surface area contributed by atoms with Gasteiger partial charge in [0, 0.05) is 0 Å². The molecule has 0 heterocycles. The Morgan fingerprint density at radius 1 is 0.764 bits per heavy atom. The van der Waals surface area contributed by atoms with Crippen LogP contribution >= 0.6 is 0 Å². The predicted octanol–water partition coefficient (Wildman–Crippen LogP) is 11.6. The van der Waals surface area contributed by atoms with Crippen LogP contribution in [-0.2, 0) is 31.2 Å². The summed E-state index contributed by atoms with van der Waals surface area (Å²) in [6, 6.07) is 13.4. The molecule has 0 fully saturated rings. The number of hydrogen-bond acceptors (Lipinski definition) is 6. The van der Waals surface area contributed by atoms with Gasteiger partial charge in [-0.2, -0.15) is 0 Å². The van der Waals surface area contributed by atoms with E-state index in [1.54, 1.807) is 0 Å². The molecule has 10 heteroatoms. The number of rotatable bonds is 16. The topological polar surface area (TPSA) is 103 Å². The van der Waals surface area contributed by atoms with E-state index in [1.807, 2.05) is 84.0 Å². The minimum absolute atomic E-state index is 0.110. The van der Waals surface area contributed by atoms with Crippen LogP contribution in [0, 0.1) is 19.8 Å². The number of nitrogens with one attached hydrogen (secondary N) is 1. The highest BCUT2D eigenvalue weighted by molar-refractivity contribution is 6.74. The summed E-state index contributed by atoms with van der Waals surface area (Å²) in [4.78, 5) is 26.6. The first-order valence-electron chi connectivity index (χ1n) is 19.9. The molecular formula is C45H75NO7Si2. The zero-order valence-corrected chi connectivity index (χ0v) is 39.5. The van der Waals surface area contributed by atoms with Gasteiger partial charge in [-0.05, 0) is 145 Å². The molecule has 1 amide bonds. The van der Waals surface area contributed by atoms with Crippen molar-refractivity contribution in [3.8, 4) is 5.75 Å². The monoisotopic (exact) mass is 798 g/mol. The highest BCUT2D eigenvalue weighted by Gasteiger charge is 2.43. The lowest BCUT2D eigenvalue weighted by atomic mass is 9.91. The molecule has 0 aromatic heterocycles. The summed E-state index contributed by atoms with van der Waals surface area (Å²) in [7, 11) is -4.81. The summed E-state index contributed by atoms with van der Waals surface area (Å²) in [6.45, 7) is 37.6. The largest absolute Gasteiger partial charge is 0.488 e. The van der Waals surface area contributed by atoms with Gasteiger partial charge in [-0.15, -0.1) is 0 Å². The van der Waals surface area contributed by atoms with Crippen LogP contribution in [0.15, 0.2) is 54.6 Å². The van der Waals surface area contributed by atoms with Crippen LogP contribution in [-0.4, -0.2) is 63.3 Å². The van der Waals surface area contributed by atoms with Crippen molar-refractivity contribution in [2.75, 3.05) is 0 Å². The first-order chi connectivity index (χ1) is 24.8. The maximum absolute atomic E-state index is 13.6. The van der Waals surface area contributed by atoms with E-state index in [9.17, 15) is 14.7 Å². The lowest BCUT2D eigenvalue weighted by Crippen LogP contribution is -2.53. The Hall–Kier alpha value is -2.93. The molecule has 0 saturated heterocycles. The minimum Gasteiger partial charge on any atom is -0.488 e. The van der Waals surface area contributed by atoms with E-state index in [0.717, 1.165) is 28.0 Å². The summed E-state index contributed by atoms with van der Waals surface area (Å²) in [5.74, 6) is -0.904. The Kier molecular flexibility index (Phi) is 16.3. The number of hydrogen-bond donors (Lipinski definition) is 2. The van der Waals surface area contributed by atoms with Gasteiger partial charge in [-0.3, -0.25) is 4.79 Å². The molecule has 2 aromatic rings. The van der Waals surface area contributed by atoms with Gasteiger partial charge in [0.15, 0.2) is 16.6 Å². The molecule has 2 N–H and O–H groups in total. The molecule has 0 saturated carbocycles. The maximum atomic E-state index is 13.6. The summed E-state index contributed by atoms with van der Waals surface area (Å²) >= 11 is 0. The molecule has 8 nitrogen and oxygen atoms in total. The van der Waals surface area contributed by atoms with Crippen molar-refractivity contribution in [1.29, 1.82) is 0 Å². The number of amides is 1. The number of carbonyl (C=O) groups is 2. The maximum Gasteiger partial charge on any atom is 0.407 e. The summed E-state index contributed by atoms with van der Waals surface area (Å²) in [5, 5.41) is 13.6. The van der Waals surface area contributed by atoms with Crippen LogP contribution in [0.4, 0.5) is 4.79 Å². The van der Waals surface area contributed by atoms with E-state index in [1.165, 1.54) is 0 Å². The van der Waals surface area contributed by atoms with Gasteiger partial charge in [0.05, 0.1) is 24.2 Å². The lowest BCUT2D eigenvalue weighted by Gasteiger charge is -2.42. The van der Waals surface area contributed by atoms with E-state index < -0.39 is 58.5 Å². The fourth-order valence-electron chi connectivity index (χ4n) is 5.82. The Labute approximate surface area is 336 Å². The van der Waals surface area contributed by atoms with Crippen molar-refractivity contribution in [2.24, 2.45) is 5.92 Å². The molecule has 0 spiro atoms. The first kappa shape index (κ1) is 48.2. The predicted molar refractivity (Wildman–Crippen MR) is 232 cm³/mol. The molecule has 0 unspecified atom stereocenters. The van der Waals surface area contributed by atoms with Crippen LogP contribution in [0.2, 0.25) is 36.3 Å². The zero-order chi connectivity index (χ0) is 42.4. The fourth-order valence-corrected chi connectivity index (χ4v) is 8.47. The Morgan fingerprint density at radius 3 is 1.73 bits per heavy atom. The quantitative estimate of drug-likeness (QED) is 0.129. The minimum atomic E-state index is -2.41. The van der Waals surface area contributed by atoms with Crippen molar-refractivity contribution < 1.29 is 33.0 Å². The van der Waals surface area contributed by atoms with Crippen LogP contribution in [0.3, 0.4) is 0 Å². The second kappa shape index (κ2) is 18.6. The molecule has 0 radical (unpaired) electrons. The number of carbonyl (C=O) groups excluding carboxylic acids is 1. The van der Waals surface area contributed by atoms with Crippen molar-refractivity contribution in [1.82, 2.24) is 5.32 Å². The van der Waals surface area contributed by atoms with Crippen molar-refractivity contribution >= 4 is 28.7 Å². The number of benzene rings is 2. The normalized spacial score (nSPS) is 15.7. The van der Waals surface area contributed by atoms with Gasteiger partial charge in [0.2, 0.25) is 0 Å². The third kappa shape index (κ3) is 15.5. The number of ether oxygens (including phenoxy) is 2. The lowest BCUT2D eigenvalue weighted by molar-refractivity contribution is -0.144. The summed E-state index contributed by atoms with van der Waals surface area (Å²) in [6.07, 6.45) is 3.55. The molecule has 0 bridgehead atoms. The highest BCUT2D eigenvalue weighted by atomic mass is 28.4. The first-order valence-corrected chi connectivity index (χ1v) is 25.7. The van der Waals surface area contributed by atoms with Gasteiger partial charge >= 0.3 is 12.1 Å². The third-order valence-corrected chi connectivity index (χ3v) is 19.8. The van der Waals surface area contributed by atoms with Gasteiger partial charge in [-0.25, -0.2) is 4.79 Å². The number of carboxylic acid groups (broad SMARTS) is 1. The molecule has 4 atom stereocenters. The van der Waals surface area contributed by atoms with E-state index in [-0.39, 0.29) is 15.7 Å². The Balaban J connectivity index is 2.73. The SMILES string of the molecule is Cc1cc(OC(C)(C)C)cc(C)c1C[C@H](NC(=O)OC(C)(C)C)[C@H](C/C=C/[C@H](O[Si](C)(C)C(C)(C)C)[C@@H](Cc1ccccc1)C(=O)O)O[Si](C)(C)C(C)(C)C. The zero-order valence-electron chi connectivity index (χ0n) is 37.5. The molecule has 2 aromatic carbocycles. The average molecular weight is 798 g/mol. The Morgan fingerprint density at radius 2 is 1.27 bits per heavy atom. The van der Waals surface area contributed by atoms with Crippen molar-refractivity contribution in [3.63, 3.8) is 0 Å². The van der Waals surface area contributed by atoms with Crippen LogP contribution in [0.1, 0.15) is 112 Å². The van der Waals surface area contributed by atoms with E-state index in [0.29, 0.717) is 19.3 Å². The molecule has 0 aliphatic heterocycles. The van der Waals surface area contributed by atoms with Gasteiger partial charge in [0.25, 0.3) is 0 Å². The fraction of sp³-hybridized carbons (Fsp3) is 0.644. The number of carboxylic acids is 1. The van der Waals surface area contributed by atoms with Gasteiger partial charge in [-0.1, -0.05) is 84.0 Å². The van der Waals surface area contributed by atoms with E-state index >= 15 is 0 Å². The number of aliphatic carboxylic acids is 1. The highest BCUT2D eigenvalue weighted by Crippen LogP contribution is 2.40. The number of alkyl carbamates (subject to hydrolysis) is 1. The molecular weight excluding hydrogens is 723 g/mol. The second-order valence-electron chi connectivity index (χ2n) is 20.3. The standard InChI is InChI=1S/C45H75NO7Si2/c1-31-27-34(50-42(3,4)5)28-32(2)35(31)30-37(46-41(49)51-43(6,7)8)39(53-55(17,18)45(12,13)14)26-22-25-38(52-54(15,16)44(9,10)11)36(40(47)48)29-33-23-20-19-21-24-33/h19-25,27-28,36-39H,26,29-30H2,1-18H3,(H,46,49)(H,47,48)/b25-22+/t36-,37+,38+,39+/m1/s1. The van der Waals surface area contributed by atoms with Crippen LogP contribution in [0.5, 0.6) is 5.75 Å². The van der Waals surface area contributed by atoms with E-state index in [4.69, 9.17) is 18.3 Å². The number of aryl methyl sites for hydroxylation is 2. The molecule has 55 heavy (non-hydrogen) atoms. The van der Waals surface area contributed by atoms with Gasteiger partial charge < -0.3 is 28.7 Å². The van der Waals surface area contributed by atoms with E-state index in [2.05, 4.69) is 99.0 Å². The summed E-state index contributed by atoms with van der Waals surface area (Å²) in [5.41, 5.74) is 3.12. The molecule has 0 aliphatic carbocycles. The Bertz CT molecular complexity index is 1570. The average Bonchev–Trinajstić information content (AvgIpc) is 2.97. The molecule has 0 aliphatic rings.